The molecule has 0 amide bonds. The van der Waals surface area contributed by atoms with E-state index in [1.54, 1.807) is 6.92 Å². The Labute approximate surface area is 85.3 Å². The van der Waals surface area contributed by atoms with Gasteiger partial charge in [-0.15, -0.1) is 0 Å². The Morgan fingerprint density at radius 1 is 1.21 bits per heavy atom. The van der Waals surface area contributed by atoms with Crippen molar-refractivity contribution in [3.63, 3.8) is 0 Å². The van der Waals surface area contributed by atoms with Gasteiger partial charge < -0.3 is 5.32 Å². The smallest absolute Gasteiger partial charge is 0.160 e. The van der Waals surface area contributed by atoms with Gasteiger partial charge in [0.2, 0.25) is 0 Å². The molecule has 1 rings (SSSR count). The molecule has 0 saturated heterocycles. The van der Waals surface area contributed by atoms with E-state index in [-0.39, 0.29) is 5.78 Å². The largest absolute Gasteiger partial charge is 0.388 e. The van der Waals surface area contributed by atoms with E-state index >= 15 is 0 Å². The summed E-state index contributed by atoms with van der Waals surface area (Å²) in [4.78, 5) is 11.5. The number of nitrogens with one attached hydrogen (secondary N) is 1. The van der Waals surface area contributed by atoms with Gasteiger partial charge in [-0.1, -0.05) is 0 Å². The van der Waals surface area contributed by atoms with Crippen molar-refractivity contribution in [3.8, 4) is 0 Å². The number of Topliss-reactive ketones (excluding diaryl/α,β-unsaturated/α-hetero) is 1. The Morgan fingerprint density at radius 2 is 1.79 bits per heavy atom. The van der Waals surface area contributed by atoms with Crippen LogP contribution < -0.4 is 5.32 Å². The SMILES string of the molecule is CNc1cc(C)c(C)c(C(C)=O)c1C. The maximum absolute atomic E-state index is 11.5. The van der Waals surface area contributed by atoms with Gasteiger partial charge in [-0.3, -0.25) is 4.79 Å². The number of benzene rings is 1. The summed E-state index contributed by atoms with van der Waals surface area (Å²) in [5.74, 6) is 0.139. The van der Waals surface area contributed by atoms with E-state index in [1.807, 2.05) is 27.8 Å². The molecule has 76 valence electrons. The molecule has 0 radical (unpaired) electrons. The Hall–Kier alpha value is -1.31. The molecule has 0 bridgehead atoms. The van der Waals surface area contributed by atoms with Gasteiger partial charge in [-0.05, 0) is 50.5 Å². The summed E-state index contributed by atoms with van der Waals surface area (Å²) in [6, 6.07) is 2.08. The maximum atomic E-state index is 11.5. The van der Waals surface area contributed by atoms with Crippen molar-refractivity contribution in [2.45, 2.75) is 27.7 Å². The van der Waals surface area contributed by atoms with E-state index in [4.69, 9.17) is 0 Å². The second-order valence-corrected chi connectivity index (χ2v) is 3.67. The summed E-state index contributed by atoms with van der Waals surface area (Å²) in [5, 5.41) is 3.11. The van der Waals surface area contributed by atoms with Crippen molar-refractivity contribution in [2.24, 2.45) is 0 Å². The number of hydrogen-bond donors (Lipinski definition) is 1. The average Bonchev–Trinajstić information content (AvgIpc) is 2.11. The van der Waals surface area contributed by atoms with Crippen LogP contribution in [0.4, 0.5) is 5.69 Å². The summed E-state index contributed by atoms with van der Waals surface area (Å²) >= 11 is 0. The van der Waals surface area contributed by atoms with Crippen molar-refractivity contribution in [1.82, 2.24) is 0 Å². The lowest BCUT2D eigenvalue weighted by atomic mass is 9.94. The van der Waals surface area contributed by atoms with Crippen molar-refractivity contribution >= 4 is 11.5 Å². The van der Waals surface area contributed by atoms with Crippen molar-refractivity contribution in [2.75, 3.05) is 12.4 Å². The average molecular weight is 191 g/mol. The minimum atomic E-state index is 0.139. The van der Waals surface area contributed by atoms with Crippen LogP contribution in [0.1, 0.15) is 34.0 Å². The highest BCUT2D eigenvalue weighted by molar-refractivity contribution is 5.98. The van der Waals surface area contributed by atoms with Gasteiger partial charge in [0.05, 0.1) is 0 Å². The lowest BCUT2D eigenvalue weighted by Crippen LogP contribution is -2.05. The normalized spacial score (nSPS) is 10.1. The summed E-state index contributed by atoms with van der Waals surface area (Å²) in [7, 11) is 1.88. The molecule has 1 aromatic rings. The Kier molecular flexibility index (Phi) is 2.94. The molecule has 0 aliphatic carbocycles. The quantitative estimate of drug-likeness (QED) is 0.728. The second-order valence-electron chi connectivity index (χ2n) is 3.67. The highest BCUT2D eigenvalue weighted by Gasteiger charge is 2.12. The molecule has 0 aromatic heterocycles. The predicted molar refractivity (Wildman–Crippen MR) is 60.2 cm³/mol. The van der Waals surface area contributed by atoms with Crippen LogP contribution >= 0.6 is 0 Å². The van der Waals surface area contributed by atoms with Crippen LogP contribution in [0.5, 0.6) is 0 Å². The number of carbonyl (C=O) groups excluding carboxylic acids is 1. The van der Waals surface area contributed by atoms with Gasteiger partial charge in [0, 0.05) is 18.3 Å². The first-order chi connectivity index (χ1) is 6.49. The number of hydrogen-bond acceptors (Lipinski definition) is 2. The molecule has 0 unspecified atom stereocenters. The first kappa shape index (κ1) is 10.8. The molecule has 1 N–H and O–H groups in total. The number of aryl methyl sites for hydroxylation is 1. The molecule has 0 aliphatic rings. The zero-order valence-corrected chi connectivity index (χ0v) is 9.49. The van der Waals surface area contributed by atoms with Gasteiger partial charge >= 0.3 is 0 Å². The molecule has 0 fully saturated rings. The fraction of sp³-hybridized carbons (Fsp3) is 0.417. The highest BCUT2D eigenvalue weighted by atomic mass is 16.1. The van der Waals surface area contributed by atoms with Crippen LogP contribution in [0, 0.1) is 20.8 Å². The van der Waals surface area contributed by atoms with Crippen LogP contribution in [0.2, 0.25) is 0 Å². The van der Waals surface area contributed by atoms with E-state index in [9.17, 15) is 4.79 Å². The first-order valence-corrected chi connectivity index (χ1v) is 4.78. The molecular formula is C12H17NO. The molecule has 0 heterocycles. The van der Waals surface area contributed by atoms with E-state index < -0.39 is 0 Å². The van der Waals surface area contributed by atoms with Crippen LogP contribution in [-0.2, 0) is 0 Å². The van der Waals surface area contributed by atoms with Crippen LogP contribution in [-0.4, -0.2) is 12.8 Å². The first-order valence-electron chi connectivity index (χ1n) is 4.78. The second kappa shape index (κ2) is 3.82. The van der Waals surface area contributed by atoms with Crippen LogP contribution in [0.3, 0.4) is 0 Å². The minimum absolute atomic E-state index is 0.139. The topological polar surface area (TPSA) is 29.1 Å². The maximum Gasteiger partial charge on any atom is 0.160 e. The highest BCUT2D eigenvalue weighted by Crippen LogP contribution is 2.25. The summed E-state index contributed by atoms with van der Waals surface area (Å²) in [5.41, 5.74) is 5.19. The van der Waals surface area contributed by atoms with Gasteiger partial charge in [0.15, 0.2) is 5.78 Å². The van der Waals surface area contributed by atoms with E-state index in [0.717, 1.165) is 27.9 Å². The van der Waals surface area contributed by atoms with E-state index in [0.29, 0.717) is 0 Å². The number of rotatable bonds is 2. The molecule has 0 saturated carbocycles. The zero-order chi connectivity index (χ0) is 10.9. The molecule has 0 spiro atoms. The molecule has 1 aromatic carbocycles. The fourth-order valence-electron chi connectivity index (χ4n) is 1.83. The van der Waals surface area contributed by atoms with Gasteiger partial charge in [0.25, 0.3) is 0 Å². The lowest BCUT2D eigenvalue weighted by molar-refractivity contribution is 0.101. The third kappa shape index (κ3) is 1.65. The molecule has 2 heteroatoms. The Balaban J connectivity index is 3.53. The van der Waals surface area contributed by atoms with Crippen LogP contribution in [0.15, 0.2) is 6.07 Å². The van der Waals surface area contributed by atoms with Crippen LogP contribution in [0.25, 0.3) is 0 Å². The van der Waals surface area contributed by atoms with E-state index in [1.165, 1.54) is 0 Å². The predicted octanol–water partition coefficient (Wildman–Crippen LogP) is 2.86. The third-order valence-electron chi connectivity index (χ3n) is 2.73. The zero-order valence-electron chi connectivity index (χ0n) is 9.49. The Bertz CT molecular complexity index is 380. The minimum Gasteiger partial charge on any atom is -0.388 e. The lowest BCUT2D eigenvalue weighted by Gasteiger charge is -2.14. The Morgan fingerprint density at radius 3 is 2.21 bits per heavy atom. The summed E-state index contributed by atoms with van der Waals surface area (Å²) in [6.45, 7) is 7.63. The summed E-state index contributed by atoms with van der Waals surface area (Å²) in [6.07, 6.45) is 0. The van der Waals surface area contributed by atoms with Gasteiger partial charge in [-0.2, -0.15) is 0 Å². The molecular weight excluding hydrogens is 174 g/mol. The molecule has 0 atom stereocenters. The third-order valence-corrected chi connectivity index (χ3v) is 2.73. The monoisotopic (exact) mass is 191 g/mol. The van der Waals surface area contributed by atoms with Crippen molar-refractivity contribution < 1.29 is 4.79 Å². The van der Waals surface area contributed by atoms with Gasteiger partial charge in [-0.25, -0.2) is 0 Å². The summed E-state index contributed by atoms with van der Waals surface area (Å²) < 4.78 is 0. The molecule has 0 aliphatic heterocycles. The van der Waals surface area contributed by atoms with Gasteiger partial charge in [0.1, 0.15) is 0 Å². The molecule has 14 heavy (non-hydrogen) atoms. The standard InChI is InChI=1S/C12H17NO/c1-7-6-11(13-5)9(3)12(8(7)2)10(4)14/h6,13H,1-5H3. The number of carbonyl (C=O) groups is 1. The molecule has 2 nitrogen and oxygen atoms in total. The van der Waals surface area contributed by atoms with E-state index in [2.05, 4.69) is 11.4 Å². The van der Waals surface area contributed by atoms with Crippen molar-refractivity contribution in [1.29, 1.82) is 0 Å². The fourth-order valence-corrected chi connectivity index (χ4v) is 1.83. The number of ketones is 1. The number of anilines is 1. The van der Waals surface area contributed by atoms with Crippen molar-refractivity contribution in [3.05, 3.63) is 28.3 Å².